The molecule has 1 saturated carbocycles. The Kier molecular flexibility index (Phi) is 5.93. The number of hydrogen-bond acceptors (Lipinski definition) is 5. The Morgan fingerprint density at radius 1 is 1.23 bits per heavy atom. The summed E-state index contributed by atoms with van der Waals surface area (Å²) in [6, 6.07) is 8.66. The van der Waals surface area contributed by atoms with Crippen LogP contribution in [0.2, 0.25) is 0 Å². The van der Waals surface area contributed by atoms with Gasteiger partial charge in [-0.05, 0) is 76.0 Å². The van der Waals surface area contributed by atoms with Crippen molar-refractivity contribution in [3.63, 3.8) is 0 Å². The molecule has 3 heterocycles. The maximum Gasteiger partial charge on any atom is 0.226 e. The molecule has 0 radical (unpaired) electrons. The van der Waals surface area contributed by atoms with Crippen LogP contribution in [0.15, 0.2) is 24.3 Å². The van der Waals surface area contributed by atoms with Gasteiger partial charge in [0.25, 0.3) is 0 Å². The summed E-state index contributed by atoms with van der Waals surface area (Å²) in [5, 5.41) is 0. The molecule has 2 fully saturated rings. The molecule has 1 amide bonds. The van der Waals surface area contributed by atoms with E-state index in [0.717, 1.165) is 42.0 Å². The Labute approximate surface area is 188 Å². The van der Waals surface area contributed by atoms with Crippen LogP contribution in [0.25, 0.3) is 10.4 Å². The van der Waals surface area contributed by atoms with E-state index in [1.807, 2.05) is 4.90 Å². The van der Waals surface area contributed by atoms with Crippen molar-refractivity contribution < 1.29 is 14.3 Å². The van der Waals surface area contributed by atoms with E-state index in [1.165, 1.54) is 29.1 Å². The number of benzene rings is 1. The normalized spacial score (nSPS) is 21.9. The third-order valence-electron chi connectivity index (χ3n) is 6.56. The molecule has 166 valence electrons. The van der Waals surface area contributed by atoms with Gasteiger partial charge in [-0.2, -0.15) is 0 Å². The maximum absolute atomic E-state index is 12.8. The zero-order valence-electron chi connectivity index (χ0n) is 18.6. The Balaban J connectivity index is 1.44. The van der Waals surface area contributed by atoms with Crippen LogP contribution < -0.4 is 9.47 Å². The molecule has 2 aromatic rings. The van der Waals surface area contributed by atoms with Crippen LogP contribution in [0.3, 0.4) is 0 Å². The zero-order valence-corrected chi connectivity index (χ0v) is 19.4. The number of piperidine rings is 1. The molecule has 1 aromatic heterocycles. The fraction of sp³-hybridized carbons (Fsp3) is 0.560. The average Bonchev–Trinajstić information content (AvgIpc) is 3.55. The largest absolute Gasteiger partial charge is 0.489 e. The third kappa shape index (κ3) is 4.75. The molecule has 5 nitrogen and oxygen atoms in total. The summed E-state index contributed by atoms with van der Waals surface area (Å²) in [5.41, 5.74) is 2.21. The summed E-state index contributed by atoms with van der Waals surface area (Å²) in [7, 11) is 2.19. The first-order valence-electron chi connectivity index (χ1n) is 11.5. The highest BCUT2D eigenvalue weighted by Gasteiger charge is 2.35. The number of thiophene rings is 1. The molecular formula is C25H32N2O3S. The predicted molar refractivity (Wildman–Crippen MR) is 124 cm³/mol. The fourth-order valence-corrected chi connectivity index (χ4v) is 5.57. The molecule has 5 rings (SSSR count). The van der Waals surface area contributed by atoms with E-state index in [-0.39, 0.29) is 11.8 Å². The lowest BCUT2D eigenvalue weighted by atomic mass is 9.99. The number of rotatable bonds is 5. The first-order chi connectivity index (χ1) is 15.1. The van der Waals surface area contributed by atoms with Crippen molar-refractivity contribution in [2.45, 2.75) is 39.2 Å². The van der Waals surface area contributed by atoms with Crippen molar-refractivity contribution >= 4 is 17.2 Å². The van der Waals surface area contributed by atoms with Crippen LogP contribution in [0.1, 0.15) is 36.1 Å². The molecule has 1 aromatic carbocycles. The molecule has 3 aliphatic rings. The van der Waals surface area contributed by atoms with Crippen LogP contribution in [0.5, 0.6) is 11.5 Å². The maximum atomic E-state index is 12.8. The summed E-state index contributed by atoms with van der Waals surface area (Å²) in [6.45, 7) is 6.86. The summed E-state index contributed by atoms with van der Waals surface area (Å²) in [6.07, 6.45) is 4.50. The van der Waals surface area contributed by atoms with E-state index in [9.17, 15) is 4.79 Å². The molecule has 1 saturated heterocycles. The van der Waals surface area contributed by atoms with Crippen LogP contribution >= 0.6 is 11.3 Å². The van der Waals surface area contributed by atoms with Crippen molar-refractivity contribution in [1.29, 1.82) is 0 Å². The molecule has 31 heavy (non-hydrogen) atoms. The van der Waals surface area contributed by atoms with Gasteiger partial charge in [-0.25, -0.2) is 0 Å². The highest BCUT2D eigenvalue weighted by atomic mass is 32.1. The fourth-order valence-electron chi connectivity index (χ4n) is 4.72. The molecule has 2 aliphatic heterocycles. The summed E-state index contributed by atoms with van der Waals surface area (Å²) in [5.74, 6) is 2.70. The molecule has 1 atom stereocenters. The minimum absolute atomic E-state index is 0.226. The summed E-state index contributed by atoms with van der Waals surface area (Å²) in [4.78, 5) is 19.7. The van der Waals surface area contributed by atoms with E-state index < -0.39 is 0 Å². The molecule has 0 unspecified atom stereocenters. The number of fused-ring (bicyclic) bond motifs is 1. The minimum atomic E-state index is 0.226. The van der Waals surface area contributed by atoms with Crippen molar-refractivity contribution in [3.8, 4) is 21.9 Å². The van der Waals surface area contributed by atoms with Gasteiger partial charge in [0.15, 0.2) is 11.5 Å². The van der Waals surface area contributed by atoms with Crippen molar-refractivity contribution in [1.82, 2.24) is 9.80 Å². The van der Waals surface area contributed by atoms with Gasteiger partial charge in [0, 0.05) is 40.2 Å². The second-order valence-electron chi connectivity index (χ2n) is 9.34. The van der Waals surface area contributed by atoms with Gasteiger partial charge >= 0.3 is 0 Å². The predicted octanol–water partition coefficient (Wildman–Crippen LogP) is 4.58. The lowest BCUT2D eigenvalue weighted by Crippen LogP contribution is -2.34. The first-order valence-corrected chi connectivity index (χ1v) is 12.3. The Hall–Kier alpha value is -2.05. The molecule has 0 N–H and O–H groups in total. The van der Waals surface area contributed by atoms with Crippen molar-refractivity contribution in [3.05, 3.63) is 34.7 Å². The number of ether oxygens (including phenoxy) is 2. The lowest BCUT2D eigenvalue weighted by molar-refractivity contribution is -0.133. The first kappa shape index (κ1) is 20.8. The molecular weight excluding hydrogens is 408 g/mol. The number of aryl methyl sites for hydroxylation is 1. The molecule has 0 bridgehead atoms. The monoisotopic (exact) mass is 440 g/mol. The SMILES string of the molecule is Cc1ccc(-c2cc3c(c(OC[C@H]4CCCN(C)C4)c2)OCCN(C(=O)C2CC2)C3)s1. The van der Waals surface area contributed by atoms with Gasteiger partial charge < -0.3 is 19.3 Å². The topological polar surface area (TPSA) is 42.0 Å². The van der Waals surface area contributed by atoms with Gasteiger partial charge in [-0.1, -0.05) is 0 Å². The van der Waals surface area contributed by atoms with Crippen molar-refractivity contribution in [2.75, 3.05) is 39.9 Å². The van der Waals surface area contributed by atoms with Crippen LogP contribution in [0, 0.1) is 18.8 Å². The Morgan fingerprint density at radius 3 is 2.84 bits per heavy atom. The quantitative estimate of drug-likeness (QED) is 0.683. The van der Waals surface area contributed by atoms with E-state index >= 15 is 0 Å². The number of carbonyl (C=O) groups excluding carboxylic acids is 1. The number of likely N-dealkylation sites (tertiary alicyclic amines) is 1. The van der Waals surface area contributed by atoms with Gasteiger partial charge in [0.05, 0.1) is 13.2 Å². The van der Waals surface area contributed by atoms with Crippen LogP contribution in [-0.4, -0.2) is 55.6 Å². The van der Waals surface area contributed by atoms with E-state index in [0.29, 0.717) is 32.2 Å². The van der Waals surface area contributed by atoms with Gasteiger partial charge in [-0.15, -0.1) is 11.3 Å². The van der Waals surface area contributed by atoms with Crippen molar-refractivity contribution in [2.24, 2.45) is 11.8 Å². The van der Waals surface area contributed by atoms with E-state index in [1.54, 1.807) is 11.3 Å². The number of hydrogen-bond donors (Lipinski definition) is 0. The zero-order chi connectivity index (χ0) is 21.4. The number of nitrogens with zero attached hydrogens (tertiary/aromatic N) is 2. The van der Waals surface area contributed by atoms with Gasteiger partial charge in [0.2, 0.25) is 5.91 Å². The second-order valence-corrected chi connectivity index (χ2v) is 10.6. The molecule has 6 heteroatoms. The summed E-state index contributed by atoms with van der Waals surface area (Å²) >= 11 is 1.79. The standard InChI is InChI=1S/C25H32N2O3S/c1-17-5-8-23(31-17)20-12-21-15-27(25(28)19-6-7-19)10-11-29-24(21)22(13-20)30-16-18-4-3-9-26(2)14-18/h5,8,12-13,18-19H,3-4,6-7,9-11,14-16H2,1-2H3/t18-/m0/s1. The Bertz CT molecular complexity index is 952. The van der Waals surface area contributed by atoms with E-state index in [2.05, 4.69) is 43.1 Å². The minimum Gasteiger partial charge on any atom is -0.489 e. The smallest absolute Gasteiger partial charge is 0.226 e. The Morgan fingerprint density at radius 2 is 2.10 bits per heavy atom. The highest BCUT2D eigenvalue weighted by molar-refractivity contribution is 7.15. The third-order valence-corrected chi connectivity index (χ3v) is 7.61. The lowest BCUT2D eigenvalue weighted by Gasteiger charge is -2.29. The average molecular weight is 441 g/mol. The van der Waals surface area contributed by atoms with Gasteiger partial charge in [-0.3, -0.25) is 4.79 Å². The number of carbonyl (C=O) groups is 1. The summed E-state index contributed by atoms with van der Waals surface area (Å²) < 4.78 is 12.6. The highest BCUT2D eigenvalue weighted by Crippen LogP contribution is 2.41. The van der Waals surface area contributed by atoms with E-state index in [4.69, 9.17) is 9.47 Å². The second kappa shape index (κ2) is 8.83. The van der Waals surface area contributed by atoms with Gasteiger partial charge in [0.1, 0.15) is 6.61 Å². The van der Waals surface area contributed by atoms with Crippen LogP contribution in [0.4, 0.5) is 0 Å². The molecule has 0 spiro atoms. The number of amides is 1. The van der Waals surface area contributed by atoms with Crippen LogP contribution in [-0.2, 0) is 11.3 Å². The molecule has 1 aliphatic carbocycles.